The molecule has 2 rings (SSSR count). The van der Waals surface area contributed by atoms with Crippen molar-refractivity contribution >= 4 is 22.9 Å². The van der Waals surface area contributed by atoms with Crippen LogP contribution in [0.25, 0.3) is 0 Å². The molecule has 0 saturated carbocycles. The van der Waals surface area contributed by atoms with Crippen molar-refractivity contribution in [2.24, 2.45) is 10.2 Å². The predicted octanol–water partition coefficient (Wildman–Crippen LogP) is 2.77. The van der Waals surface area contributed by atoms with Crippen LogP contribution < -0.4 is 0 Å². The summed E-state index contributed by atoms with van der Waals surface area (Å²) in [6.07, 6.45) is 1.53. The van der Waals surface area contributed by atoms with E-state index in [1.807, 2.05) is 0 Å². The lowest BCUT2D eigenvalue weighted by Gasteiger charge is -1.92. The smallest absolute Gasteiger partial charge is 0.324 e. The Morgan fingerprint density at radius 3 is 3.00 bits per heavy atom. The Kier molecular flexibility index (Phi) is 3.02. The van der Waals surface area contributed by atoms with Gasteiger partial charge < -0.3 is 5.11 Å². The normalized spacial score (nSPS) is 10.8. The molecular weight excluding hydrogens is 226 g/mol. The molecule has 0 spiro atoms. The van der Waals surface area contributed by atoms with Crippen molar-refractivity contribution in [1.29, 1.82) is 0 Å². The number of carbonyl (C=O) groups is 1. The summed E-state index contributed by atoms with van der Waals surface area (Å²) in [4.78, 5) is 15.2. The van der Waals surface area contributed by atoms with Crippen LogP contribution in [0.3, 0.4) is 0 Å². The third kappa shape index (κ3) is 2.48. The number of thiazole rings is 1. The molecule has 2 aromatic rings. The molecule has 1 aromatic heterocycles. The largest absolute Gasteiger partial charge is 0.508 e. The van der Waals surface area contributed by atoms with Crippen LogP contribution >= 0.6 is 11.3 Å². The van der Waals surface area contributed by atoms with Crippen molar-refractivity contribution < 1.29 is 9.90 Å². The van der Waals surface area contributed by atoms with Crippen LogP contribution in [0.1, 0.15) is 9.80 Å². The maximum atomic E-state index is 11.4. The summed E-state index contributed by atoms with van der Waals surface area (Å²) in [7, 11) is 0. The van der Waals surface area contributed by atoms with E-state index in [1.165, 1.54) is 29.7 Å². The lowest BCUT2D eigenvalue weighted by Crippen LogP contribution is -1.90. The molecule has 0 saturated heterocycles. The zero-order chi connectivity index (χ0) is 11.4. The molecule has 1 aromatic carbocycles. The zero-order valence-electron chi connectivity index (χ0n) is 8.07. The molecule has 0 fully saturated rings. The van der Waals surface area contributed by atoms with E-state index in [0.717, 1.165) is 0 Å². The highest BCUT2D eigenvalue weighted by Gasteiger charge is 2.06. The monoisotopic (exact) mass is 233 g/mol. The topological polar surface area (TPSA) is 74.9 Å². The number of hydrogen-bond donors (Lipinski definition) is 1. The number of azo groups is 1. The molecule has 1 amide bonds. The summed E-state index contributed by atoms with van der Waals surface area (Å²) in [5, 5.41) is 18.4. The van der Waals surface area contributed by atoms with Crippen LogP contribution in [0.4, 0.5) is 5.69 Å². The number of aromatic nitrogens is 1. The molecule has 0 aliphatic rings. The van der Waals surface area contributed by atoms with Crippen LogP contribution in [0.2, 0.25) is 0 Å². The molecule has 0 bridgehead atoms. The van der Waals surface area contributed by atoms with Gasteiger partial charge in [-0.1, -0.05) is 6.07 Å². The van der Waals surface area contributed by atoms with Gasteiger partial charge in [0.2, 0.25) is 0 Å². The Morgan fingerprint density at radius 2 is 2.31 bits per heavy atom. The van der Waals surface area contributed by atoms with Gasteiger partial charge in [0, 0.05) is 17.6 Å². The number of phenolic OH excluding ortho intramolecular Hbond substituents is 1. The van der Waals surface area contributed by atoms with E-state index in [9.17, 15) is 4.79 Å². The number of benzene rings is 1. The van der Waals surface area contributed by atoms with Crippen LogP contribution in [0.15, 0.2) is 46.1 Å². The molecule has 5 nitrogen and oxygen atoms in total. The van der Waals surface area contributed by atoms with Crippen LogP contribution in [0.5, 0.6) is 5.75 Å². The number of phenols is 1. The van der Waals surface area contributed by atoms with Crippen molar-refractivity contribution in [3.63, 3.8) is 0 Å². The fourth-order valence-electron chi connectivity index (χ4n) is 1.03. The molecular formula is C10H7N3O2S. The molecule has 0 aliphatic heterocycles. The van der Waals surface area contributed by atoms with E-state index in [2.05, 4.69) is 15.2 Å². The van der Waals surface area contributed by atoms with E-state index in [1.54, 1.807) is 17.5 Å². The molecule has 6 heteroatoms. The SMILES string of the molecule is O=C(N=Nc1cccc(O)c1)c1nccs1. The van der Waals surface area contributed by atoms with Crippen LogP contribution in [-0.2, 0) is 0 Å². The quantitative estimate of drug-likeness (QED) is 0.810. The van der Waals surface area contributed by atoms with E-state index in [-0.39, 0.29) is 5.75 Å². The van der Waals surface area contributed by atoms with Crippen molar-refractivity contribution in [1.82, 2.24) is 4.98 Å². The second kappa shape index (κ2) is 4.63. The summed E-state index contributed by atoms with van der Waals surface area (Å²) in [6.45, 7) is 0. The Hall–Kier alpha value is -2.08. The number of rotatable bonds is 2. The fraction of sp³-hybridized carbons (Fsp3) is 0. The molecule has 0 unspecified atom stereocenters. The Balaban J connectivity index is 2.13. The van der Waals surface area contributed by atoms with Gasteiger partial charge in [-0.25, -0.2) is 4.98 Å². The van der Waals surface area contributed by atoms with Crippen molar-refractivity contribution in [3.8, 4) is 5.75 Å². The average Bonchev–Trinajstić information content (AvgIpc) is 2.79. The van der Waals surface area contributed by atoms with Gasteiger partial charge in [0.25, 0.3) is 0 Å². The minimum atomic E-state index is -0.488. The van der Waals surface area contributed by atoms with Gasteiger partial charge in [0.15, 0.2) is 5.01 Å². The van der Waals surface area contributed by atoms with Gasteiger partial charge in [-0.05, 0) is 12.1 Å². The van der Waals surface area contributed by atoms with Gasteiger partial charge in [0.05, 0.1) is 5.69 Å². The third-order valence-electron chi connectivity index (χ3n) is 1.70. The summed E-state index contributed by atoms with van der Waals surface area (Å²) >= 11 is 1.21. The van der Waals surface area contributed by atoms with Gasteiger partial charge in [-0.2, -0.15) is 0 Å². The summed E-state index contributed by atoms with van der Waals surface area (Å²) in [5.41, 5.74) is 0.421. The maximum absolute atomic E-state index is 11.4. The molecule has 80 valence electrons. The summed E-state index contributed by atoms with van der Waals surface area (Å²) in [6, 6.07) is 6.19. The Morgan fingerprint density at radius 1 is 1.44 bits per heavy atom. The molecule has 0 aliphatic carbocycles. The Bertz CT molecular complexity index is 523. The molecule has 16 heavy (non-hydrogen) atoms. The van der Waals surface area contributed by atoms with E-state index in [0.29, 0.717) is 10.7 Å². The number of aromatic hydroxyl groups is 1. The van der Waals surface area contributed by atoms with Crippen LogP contribution in [-0.4, -0.2) is 16.0 Å². The highest BCUT2D eigenvalue weighted by molar-refractivity contribution is 7.11. The van der Waals surface area contributed by atoms with Crippen molar-refractivity contribution in [2.45, 2.75) is 0 Å². The molecule has 1 heterocycles. The first-order chi connectivity index (χ1) is 7.75. The van der Waals surface area contributed by atoms with Crippen molar-refractivity contribution in [2.75, 3.05) is 0 Å². The highest BCUT2D eigenvalue weighted by atomic mass is 32.1. The zero-order valence-corrected chi connectivity index (χ0v) is 8.89. The predicted molar refractivity (Wildman–Crippen MR) is 59.1 cm³/mol. The van der Waals surface area contributed by atoms with E-state index < -0.39 is 5.91 Å². The average molecular weight is 233 g/mol. The van der Waals surface area contributed by atoms with Gasteiger partial charge in [-0.15, -0.1) is 21.6 Å². The third-order valence-corrected chi connectivity index (χ3v) is 2.46. The first-order valence-corrected chi connectivity index (χ1v) is 5.28. The van der Waals surface area contributed by atoms with Gasteiger partial charge in [0.1, 0.15) is 5.75 Å². The van der Waals surface area contributed by atoms with E-state index in [4.69, 9.17) is 5.11 Å². The van der Waals surface area contributed by atoms with Crippen LogP contribution in [0, 0.1) is 0 Å². The first-order valence-electron chi connectivity index (χ1n) is 4.40. The molecule has 1 N–H and O–H groups in total. The summed E-state index contributed by atoms with van der Waals surface area (Å²) in [5.74, 6) is -0.406. The number of nitrogens with zero attached hydrogens (tertiary/aromatic N) is 3. The Labute approximate surface area is 95.1 Å². The standard InChI is InChI=1S/C10H7N3O2S/c14-8-3-1-2-7(6-8)12-13-9(15)10-11-4-5-16-10/h1-6,14H. The minimum absolute atomic E-state index is 0.0816. The first kappa shape index (κ1) is 10.4. The lowest BCUT2D eigenvalue weighted by molar-refractivity contribution is 0.0994. The summed E-state index contributed by atoms with van der Waals surface area (Å²) < 4.78 is 0. The fourth-order valence-corrected chi connectivity index (χ4v) is 1.54. The molecule has 0 radical (unpaired) electrons. The number of amides is 1. The number of carbonyl (C=O) groups excluding carboxylic acids is 1. The second-order valence-electron chi connectivity index (χ2n) is 2.86. The number of hydrogen-bond acceptors (Lipinski definition) is 5. The van der Waals surface area contributed by atoms with Gasteiger partial charge in [-0.3, -0.25) is 4.79 Å². The molecule has 0 atom stereocenters. The minimum Gasteiger partial charge on any atom is -0.508 e. The maximum Gasteiger partial charge on any atom is 0.324 e. The highest BCUT2D eigenvalue weighted by Crippen LogP contribution is 2.19. The second-order valence-corrected chi connectivity index (χ2v) is 3.76. The van der Waals surface area contributed by atoms with Crippen molar-refractivity contribution in [3.05, 3.63) is 40.8 Å². The van der Waals surface area contributed by atoms with Gasteiger partial charge >= 0.3 is 5.91 Å². The van der Waals surface area contributed by atoms with E-state index >= 15 is 0 Å². The lowest BCUT2D eigenvalue weighted by atomic mass is 10.3.